The molecule has 0 aromatic heterocycles. The second-order valence-electron chi connectivity index (χ2n) is 3.59. The summed E-state index contributed by atoms with van der Waals surface area (Å²) in [6.45, 7) is 0. The zero-order valence-electron chi connectivity index (χ0n) is 8.53. The van der Waals surface area contributed by atoms with Gasteiger partial charge in [-0.3, -0.25) is 0 Å². The third-order valence-electron chi connectivity index (χ3n) is 2.40. The number of nitrogens with two attached hydrogens (primary N) is 1. The lowest BCUT2D eigenvalue weighted by Crippen LogP contribution is -2.11. The molecule has 0 saturated heterocycles. The van der Waals surface area contributed by atoms with Gasteiger partial charge < -0.3 is 5.73 Å². The molecule has 2 N–H and O–H groups in total. The van der Waals surface area contributed by atoms with Crippen LogP contribution in [0.4, 0.5) is 0 Å². The van der Waals surface area contributed by atoms with Gasteiger partial charge in [-0.2, -0.15) is 0 Å². The van der Waals surface area contributed by atoms with E-state index >= 15 is 0 Å². The minimum absolute atomic E-state index is 0.197. The average Bonchev–Trinajstić information content (AvgIpc) is 2.28. The summed E-state index contributed by atoms with van der Waals surface area (Å²) >= 11 is 11.9. The Morgan fingerprint density at radius 2 is 1.38 bits per heavy atom. The average molecular weight is 252 g/mol. The van der Waals surface area contributed by atoms with Crippen molar-refractivity contribution in [3.63, 3.8) is 0 Å². The Hall–Kier alpha value is -1.02. The summed E-state index contributed by atoms with van der Waals surface area (Å²) in [7, 11) is 0. The van der Waals surface area contributed by atoms with Gasteiger partial charge in [0.1, 0.15) is 0 Å². The van der Waals surface area contributed by atoms with E-state index in [0.29, 0.717) is 10.0 Å². The van der Waals surface area contributed by atoms with Crippen LogP contribution in [-0.4, -0.2) is 0 Å². The van der Waals surface area contributed by atoms with Crippen LogP contribution in [0.1, 0.15) is 17.2 Å². The standard InChI is InChI=1S/C13H11Cl2N/c14-11-6-10(7-12(15)8-11)13(16)9-4-2-1-3-5-9/h1-8,13H,16H2. The Balaban J connectivity index is 2.37. The smallest absolute Gasteiger partial charge is 0.0552 e. The Morgan fingerprint density at radius 3 is 1.94 bits per heavy atom. The van der Waals surface area contributed by atoms with Crippen molar-refractivity contribution in [2.24, 2.45) is 5.73 Å². The molecule has 1 atom stereocenters. The molecule has 82 valence electrons. The minimum atomic E-state index is -0.197. The van der Waals surface area contributed by atoms with E-state index in [-0.39, 0.29) is 6.04 Å². The molecule has 3 heteroatoms. The van der Waals surface area contributed by atoms with E-state index < -0.39 is 0 Å². The maximum Gasteiger partial charge on any atom is 0.0552 e. The molecule has 0 aliphatic heterocycles. The molecule has 0 radical (unpaired) electrons. The molecule has 1 unspecified atom stereocenters. The lowest BCUT2D eigenvalue weighted by Gasteiger charge is -2.13. The van der Waals surface area contributed by atoms with Crippen molar-refractivity contribution in [1.82, 2.24) is 0 Å². The van der Waals surface area contributed by atoms with E-state index in [1.165, 1.54) is 0 Å². The molecule has 0 aliphatic carbocycles. The van der Waals surface area contributed by atoms with Gasteiger partial charge in [0.05, 0.1) is 6.04 Å². The summed E-state index contributed by atoms with van der Waals surface area (Å²) in [5, 5.41) is 1.21. The van der Waals surface area contributed by atoms with Crippen LogP contribution in [0.15, 0.2) is 48.5 Å². The van der Waals surface area contributed by atoms with Crippen molar-refractivity contribution in [2.45, 2.75) is 6.04 Å². The van der Waals surface area contributed by atoms with E-state index in [1.807, 2.05) is 42.5 Å². The quantitative estimate of drug-likeness (QED) is 0.857. The van der Waals surface area contributed by atoms with Gasteiger partial charge in [0.25, 0.3) is 0 Å². The van der Waals surface area contributed by atoms with Crippen molar-refractivity contribution >= 4 is 23.2 Å². The van der Waals surface area contributed by atoms with Crippen LogP contribution < -0.4 is 5.73 Å². The van der Waals surface area contributed by atoms with Crippen LogP contribution in [0.25, 0.3) is 0 Å². The van der Waals surface area contributed by atoms with Gasteiger partial charge in [0, 0.05) is 10.0 Å². The highest BCUT2D eigenvalue weighted by molar-refractivity contribution is 6.34. The fourth-order valence-corrected chi connectivity index (χ4v) is 2.15. The zero-order chi connectivity index (χ0) is 11.5. The number of halogens is 2. The molecule has 0 bridgehead atoms. The first-order valence-corrected chi connectivity index (χ1v) is 5.69. The number of hydrogen-bond donors (Lipinski definition) is 1. The van der Waals surface area contributed by atoms with E-state index in [1.54, 1.807) is 6.07 Å². The zero-order valence-corrected chi connectivity index (χ0v) is 10.0. The Morgan fingerprint density at radius 1 is 0.812 bits per heavy atom. The predicted octanol–water partition coefficient (Wildman–Crippen LogP) is 4.04. The van der Waals surface area contributed by atoms with Crippen LogP contribution in [-0.2, 0) is 0 Å². The SMILES string of the molecule is NC(c1ccccc1)c1cc(Cl)cc(Cl)c1. The van der Waals surface area contributed by atoms with Gasteiger partial charge in [0.15, 0.2) is 0 Å². The Labute approximate surface area is 105 Å². The fraction of sp³-hybridized carbons (Fsp3) is 0.0769. The third-order valence-corrected chi connectivity index (χ3v) is 2.84. The van der Waals surface area contributed by atoms with Gasteiger partial charge >= 0.3 is 0 Å². The predicted molar refractivity (Wildman–Crippen MR) is 68.9 cm³/mol. The van der Waals surface area contributed by atoms with E-state index in [0.717, 1.165) is 11.1 Å². The Kier molecular flexibility index (Phi) is 3.49. The van der Waals surface area contributed by atoms with Gasteiger partial charge in [-0.1, -0.05) is 53.5 Å². The number of hydrogen-bond acceptors (Lipinski definition) is 1. The first-order valence-electron chi connectivity index (χ1n) is 4.93. The second kappa shape index (κ2) is 4.88. The highest BCUT2D eigenvalue weighted by Crippen LogP contribution is 2.25. The first kappa shape index (κ1) is 11.5. The molecule has 0 amide bonds. The summed E-state index contributed by atoms with van der Waals surface area (Å²) in [5.41, 5.74) is 8.10. The summed E-state index contributed by atoms with van der Waals surface area (Å²) in [5.74, 6) is 0. The van der Waals surface area contributed by atoms with Gasteiger partial charge in [0.2, 0.25) is 0 Å². The van der Waals surface area contributed by atoms with Crippen molar-refractivity contribution in [3.8, 4) is 0 Å². The molecule has 0 spiro atoms. The molecule has 0 heterocycles. The molecular formula is C13H11Cl2N. The highest BCUT2D eigenvalue weighted by atomic mass is 35.5. The maximum absolute atomic E-state index is 6.14. The van der Waals surface area contributed by atoms with Crippen molar-refractivity contribution in [3.05, 3.63) is 69.7 Å². The molecule has 0 fully saturated rings. The molecule has 0 aliphatic rings. The first-order chi connectivity index (χ1) is 7.66. The van der Waals surface area contributed by atoms with Crippen LogP contribution in [0.2, 0.25) is 10.0 Å². The highest BCUT2D eigenvalue weighted by Gasteiger charge is 2.09. The molecule has 16 heavy (non-hydrogen) atoms. The van der Waals surface area contributed by atoms with E-state index in [9.17, 15) is 0 Å². The van der Waals surface area contributed by atoms with Crippen LogP contribution >= 0.6 is 23.2 Å². The molecule has 1 nitrogen and oxygen atoms in total. The van der Waals surface area contributed by atoms with Gasteiger partial charge in [-0.15, -0.1) is 0 Å². The van der Waals surface area contributed by atoms with E-state index in [4.69, 9.17) is 28.9 Å². The molecule has 0 saturated carbocycles. The molecular weight excluding hydrogens is 241 g/mol. The monoisotopic (exact) mass is 251 g/mol. The fourth-order valence-electron chi connectivity index (χ4n) is 1.61. The third kappa shape index (κ3) is 2.56. The lowest BCUT2D eigenvalue weighted by molar-refractivity contribution is 0.872. The normalized spacial score (nSPS) is 12.4. The van der Waals surface area contributed by atoms with Crippen molar-refractivity contribution < 1.29 is 0 Å². The largest absolute Gasteiger partial charge is 0.320 e. The molecule has 2 aromatic carbocycles. The summed E-state index contributed by atoms with van der Waals surface area (Å²) in [6, 6.07) is 15.0. The van der Waals surface area contributed by atoms with Gasteiger partial charge in [-0.25, -0.2) is 0 Å². The number of rotatable bonds is 2. The topological polar surface area (TPSA) is 26.0 Å². The maximum atomic E-state index is 6.14. The Bertz CT molecular complexity index is 462. The van der Waals surface area contributed by atoms with Gasteiger partial charge in [-0.05, 0) is 29.3 Å². The van der Waals surface area contributed by atoms with Crippen molar-refractivity contribution in [1.29, 1.82) is 0 Å². The van der Waals surface area contributed by atoms with Crippen molar-refractivity contribution in [2.75, 3.05) is 0 Å². The summed E-state index contributed by atoms with van der Waals surface area (Å²) < 4.78 is 0. The summed E-state index contributed by atoms with van der Waals surface area (Å²) in [4.78, 5) is 0. The van der Waals surface area contributed by atoms with Crippen LogP contribution in [0.3, 0.4) is 0 Å². The van der Waals surface area contributed by atoms with E-state index in [2.05, 4.69) is 0 Å². The second-order valence-corrected chi connectivity index (χ2v) is 4.46. The lowest BCUT2D eigenvalue weighted by atomic mass is 10.00. The minimum Gasteiger partial charge on any atom is -0.320 e. The summed E-state index contributed by atoms with van der Waals surface area (Å²) in [6.07, 6.45) is 0. The van der Waals surface area contributed by atoms with Crippen LogP contribution in [0, 0.1) is 0 Å². The van der Waals surface area contributed by atoms with Crippen LogP contribution in [0.5, 0.6) is 0 Å². The molecule has 2 rings (SSSR count). The molecule has 2 aromatic rings. The number of benzene rings is 2.